The number of anilines is 1. The van der Waals surface area contributed by atoms with Gasteiger partial charge in [-0.2, -0.15) is 13.2 Å². The summed E-state index contributed by atoms with van der Waals surface area (Å²) in [6, 6.07) is 12.5. The molecule has 1 unspecified atom stereocenters. The summed E-state index contributed by atoms with van der Waals surface area (Å²) in [6.07, 6.45) is -4.06. The molecule has 2 aromatic rings. The third-order valence-electron chi connectivity index (χ3n) is 4.96. The fraction of sp³-hybridized carbons (Fsp3) is 0.364. The van der Waals surface area contributed by atoms with Crippen LogP contribution in [-0.2, 0) is 11.0 Å². The molecule has 1 amide bonds. The molecule has 1 heterocycles. The monoisotopic (exact) mass is 471 g/mol. The van der Waals surface area contributed by atoms with Crippen LogP contribution >= 0.6 is 24.2 Å². The van der Waals surface area contributed by atoms with Gasteiger partial charge >= 0.3 is 6.18 Å². The van der Waals surface area contributed by atoms with Gasteiger partial charge in [0.25, 0.3) is 0 Å². The Kier molecular flexibility index (Phi) is 8.42. The van der Waals surface area contributed by atoms with Crippen molar-refractivity contribution in [2.75, 3.05) is 18.1 Å². The Morgan fingerprint density at radius 2 is 1.77 bits per heavy atom. The summed E-state index contributed by atoms with van der Waals surface area (Å²) < 4.78 is 38.1. The van der Waals surface area contributed by atoms with Crippen LogP contribution in [0.3, 0.4) is 0 Å². The molecule has 2 aromatic carbocycles. The number of rotatable bonds is 5. The normalized spacial score (nSPS) is 17.7. The molecule has 1 saturated heterocycles. The van der Waals surface area contributed by atoms with Crippen LogP contribution in [0.15, 0.2) is 53.5 Å². The highest BCUT2D eigenvalue weighted by atomic mass is 35.5. The van der Waals surface area contributed by atoms with Gasteiger partial charge in [0.15, 0.2) is 5.17 Å². The predicted octanol–water partition coefficient (Wildman–Crippen LogP) is 6.31. The summed E-state index contributed by atoms with van der Waals surface area (Å²) in [6.45, 7) is 4.23. The largest absolute Gasteiger partial charge is 0.416 e. The number of hydrogen-bond acceptors (Lipinski definition) is 3. The van der Waals surface area contributed by atoms with Crippen molar-refractivity contribution in [2.45, 2.75) is 38.4 Å². The lowest BCUT2D eigenvalue weighted by molar-refractivity contribution is -0.137. The molecule has 0 saturated carbocycles. The molecular formula is C22H25ClF3N3OS. The number of aliphatic imine (C=N–C) groups is 1. The van der Waals surface area contributed by atoms with Gasteiger partial charge in [-0.05, 0) is 47.9 Å². The number of amidine groups is 1. The van der Waals surface area contributed by atoms with Crippen LogP contribution in [0.2, 0.25) is 0 Å². The van der Waals surface area contributed by atoms with Gasteiger partial charge in [-0.1, -0.05) is 37.7 Å². The van der Waals surface area contributed by atoms with Gasteiger partial charge in [0.05, 0.1) is 11.3 Å². The smallest absolute Gasteiger partial charge is 0.350 e. The molecular weight excluding hydrogens is 447 g/mol. The number of nitrogens with zero attached hydrogens (tertiary/aromatic N) is 2. The molecule has 1 N–H and O–H groups in total. The Balaban J connectivity index is 0.00000341. The number of benzene rings is 2. The summed E-state index contributed by atoms with van der Waals surface area (Å²) in [7, 11) is 1.85. The van der Waals surface area contributed by atoms with Crippen LogP contribution in [0.4, 0.5) is 24.5 Å². The Hall–Kier alpha value is -2.19. The van der Waals surface area contributed by atoms with Gasteiger partial charge < -0.3 is 10.2 Å². The van der Waals surface area contributed by atoms with E-state index >= 15 is 0 Å². The Bertz CT molecular complexity index is 915. The lowest BCUT2D eigenvalue weighted by Gasteiger charge is -2.20. The number of thioether (sulfide) groups is 1. The van der Waals surface area contributed by atoms with Crippen molar-refractivity contribution in [3.8, 4) is 0 Å². The van der Waals surface area contributed by atoms with Crippen LogP contribution in [0.1, 0.15) is 37.3 Å². The topological polar surface area (TPSA) is 44.7 Å². The highest BCUT2D eigenvalue weighted by Gasteiger charge is 2.31. The first kappa shape index (κ1) is 25.1. The van der Waals surface area contributed by atoms with Crippen LogP contribution in [0.5, 0.6) is 0 Å². The van der Waals surface area contributed by atoms with E-state index in [4.69, 9.17) is 0 Å². The number of alkyl halides is 3. The van der Waals surface area contributed by atoms with E-state index in [2.05, 4.69) is 24.2 Å². The van der Waals surface area contributed by atoms with Crippen molar-refractivity contribution in [1.82, 2.24) is 4.90 Å². The van der Waals surface area contributed by atoms with Gasteiger partial charge in [-0.25, -0.2) is 4.99 Å². The standard InChI is InChI=1S/C22H24F3N3OS.ClH/c1-14(2)15-4-8-17(9-5-15)26-20(29)12-19-13-30-21(28(19)3)27-18-10-6-16(7-11-18)22(23,24)25;/h4-11,14,19H,12-13H2,1-3H3,(H,26,29);1H. The zero-order chi connectivity index (χ0) is 21.9. The molecule has 0 aliphatic carbocycles. The summed E-state index contributed by atoms with van der Waals surface area (Å²) in [5.41, 5.74) is 1.72. The van der Waals surface area contributed by atoms with Crippen molar-refractivity contribution in [2.24, 2.45) is 4.99 Å². The Morgan fingerprint density at radius 3 is 2.32 bits per heavy atom. The second-order valence-corrected chi connectivity index (χ2v) is 8.53. The second kappa shape index (κ2) is 10.4. The first-order valence-corrected chi connectivity index (χ1v) is 10.6. The number of carbonyl (C=O) groups excluding carboxylic acids is 1. The average Bonchev–Trinajstić information content (AvgIpc) is 3.01. The zero-order valence-electron chi connectivity index (χ0n) is 17.4. The molecule has 1 aliphatic heterocycles. The maximum Gasteiger partial charge on any atom is 0.416 e. The van der Waals surface area contributed by atoms with E-state index in [0.29, 0.717) is 28.9 Å². The lowest BCUT2D eigenvalue weighted by Crippen LogP contribution is -2.33. The Morgan fingerprint density at radius 1 is 1.16 bits per heavy atom. The van der Waals surface area contributed by atoms with Gasteiger partial charge in [0.1, 0.15) is 0 Å². The van der Waals surface area contributed by atoms with Crippen molar-refractivity contribution < 1.29 is 18.0 Å². The predicted molar refractivity (Wildman–Crippen MR) is 124 cm³/mol. The summed E-state index contributed by atoms with van der Waals surface area (Å²) >= 11 is 1.49. The van der Waals surface area contributed by atoms with Crippen molar-refractivity contribution in [3.63, 3.8) is 0 Å². The SMILES string of the molecule is CC(C)c1ccc(NC(=O)CC2CSC(=Nc3ccc(C(F)(F)F)cc3)N2C)cc1.Cl. The maximum atomic E-state index is 12.7. The van der Waals surface area contributed by atoms with E-state index in [1.54, 1.807) is 0 Å². The number of hydrogen-bond donors (Lipinski definition) is 1. The van der Waals surface area contributed by atoms with E-state index in [-0.39, 0.29) is 24.4 Å². The fourth-order valence-corrected chi connectivity index (χ4v) is 4.27. The molecule has 3 rings (SSSR count). The molecule has 9 heteroatoms. The number of carbonyl (C=O) groups is 1. The van der Waals surface area contributed by atoms with Gasteiger partial charge in [-0.3, -0.25) is 4.79 Å². The Labute approximate surface area is 190 Å². The molecule has 0 spiro atoms. The second-order valence-electron chi connectivity index (χ2n) is 7.54. The minimum absolute atomic E-state index is 0. The van der Waals surface area contributed by atoms with E-state index < -0.39 is 11.7 Å². The highest BCUT2D eigenvalue weighted by Crippen LogP contribution is 2.32. The first-order valence-electron chi connectivity index (χ1n) is 9.65. The molecule has 4 nitrogen and oxygen atoms in total. The van der Waals surface area contributed by atoms with E-state index in [1.807, 2.05) is 36.2 Å². The van der Waals surface area contributed by atoms with Crippen molar-refractivity contribution in [3.05, 3.63) is 59.7 Å². The van der Waals surface area contributed by atoms with Crippen LogP contribution in [0.25, 0.3) is 0 Å². The number of amides is 1. The third-order valence-corrected chi connectivity index (χ3v) is 6.14. The average molecular weight is 472 g/mol. The molecule has 1 fully saturated rings. The quantitative estimate of drug-likeness (QED) is 0.555. The molecule has 0 bridgehead atoms. The van der Waals surface area contributed by atoms with Crippen LogP contribution in [0, 0.1) is 0 Å². The number of nitrogens with one attached hydrogen (secondary N) is 1. The minimum Gasteiger partial charge on any atom is -0.350 e. The summed E-state index contributed by atoms with van der Waals surface area (Å²) in [5, 5.41) is 3.61. The lowest BCUT2D eigenvalue weighted by atomic mass is 10.0. The van der Waals surface area contributed by atoms with Crippen LogP contribution < -0.4 is 5.32 Å². The van der Waals surface area contributed by atoms with E-state index in [9.17, 15) is 18.0 Å². The van der Waals surface area contributed by atoms with Crippen molar-refractivity contribution in [1.29, 1.82) is 0 Å². The zero-order valence-corrected chi connectivity index (χ0v) is 19.1. The van der Waals surface area contributed by atoms with E-state index in [1.165, 1.54) is 29.5 Å². The molecule has 0 radical (unpaired) electrons. The van der Waals surface area contributed by atoms with Gasteiger partial charge in [0.2, 0.25) is 5.91 Å². The number of halogens is 4. The highest BCUT2D eigenvalue weighted by molar-refractivity contribution is 8.14. The summed E-state index contributed by atoms with van der Waals surface area (Å²) in [5.74, 6) is 1.04. The minimum atomic E-state index is -4.36. The first-order chi connectivity index (χ1) is 14.1. The molecule has 1 atom stereocenters. The molecule has 31 heavy (non-hydrogen) atoms. The van der Waals surface area contributed by atoms with Crippen LogP contribution in [-0.4, -0.2) is 34.8 Å². The van der Waals surface area contributed by atoms with E-state index in [0.717, 1.165) is 17.8 Å². The van der Waals surface area contributed by atoms with Crippen molar-refractivity contribution >= 4 is 46.6 Å². The molecule has 1 aliphatic rings. The molecule has 0 aromatic heterocycles. The van der Waals surface area contributed by atoms with Gasteiger partial charge in [0, 0.05) is 31.0 Å². The molecule has 168 valence electrons. The fourth-order valence-electron chi connectivity index (χ4n) is 3.06. The maximum absolute atomic E-state index is 12.7. The summed E-state index contributed by atoms with van der Waals surface area (Å²) in [4.78, 5) is 18.8. The van der Waals surface area contributed by atoms with Gasteiger partial charge in [-0.15, -0.1) is 12.4 Å². The third kappa shape index (κ3) is 6.64.